The van der Waals surface area contributed by atoms with Crippen LogP contribution < -0.4 is 4.72 Å². The van der Waals surface area contributed by atoms with Crippen LogP contribution in [0.1, 0.15) is 20.8 Å². The van der Waals surface area contributed by atoms with Crippen molar-refractivity contribution in [3.05, 3.63) is 0 Å². The van der Waals surface area contributed by atoms with Gasteiger partial charge in [-0.1, -0.05) is 0 Å². The van der Waals surface area contributed by atoms with Crippen LogP contribution in [0.2, 0.25) is 0 Å². The lowest BCUT2D eigenvalue weighted by molar-refractivity contribution is 0.327. The van der Waals surface area contributed by atoms with Crippen LogP contribution in [0.5, 0.6) is 0 Å². The van der Waals surface area contributed by atoms with E-state index in [0.717, 1.165) is 0 Å². The zero-order valence-corrected chi connectivity index (χ0v) is 7.23. The Labute approximate surface area is 61.8 Å². The smallest absolute Gasteiger partial charge is 0.258 e. The summed E-state index contributed by atoms with van der Waals surface area (Å²) in [6.07, 6.45) is 0. The lowest BCUT2D eigenvalue weighted by atomic mass is 10.4. The molecule has 0 aromatic carbocycles. The van der Waals surface area contributed by atoms with Crippen molar-refractivity contribution >= 4 is 10.3 Å². The van der Waals surface area contributed by atoms with Gasteiger partial charge in [0.15, 0.2) is 0 Å². The van der Waals surface area contributed by atoms with E-state index in [1.54, 1.807) is 20.8 Å². The first kappa shape index (κ1) is 9.87. The van der Waals surface area contributed by atoms with E-state index in [1.807, 2.05) is 0 Å². The Hall–Kier alpha value is -0.130. The lowest BCUT2D eigenvalue weighted by Gasteiger charge is -2.07. The first-order valence-electron chi connectivity index (χ1n) is 3.14. The largest absolute Gasteiger partial charge is 0.336 e. The fourth-order valence-corrected chi connectivity index (χ4v) is 1.43. The minimum Gasteiger partial charge on any atom is -0.258 e. The predicted molar refractivity (Wildman–Crippen MR) is 38.8 cm³/mol. The Morgan fingerprint density at radius 3 is 2.30 bits per heavy atom. The minimum atomic E-state index is -3.48. The van der Waals surface area contributed by atoms with E-state index >= 15 is 0 Å². The quantitative estimate of drug-likeness (QED) is 0.653. The van der Waals surface area contributed by atoms with Gasteiger partial charge in [0.1, 0.15) is 0 Å². The first-order valence-corrected chi connectivity index (χ1v) is 4.55. The van der Waals surface area contributed by atoms with Crippen molar-refractivity contribution in [2.75, 3.05) is 6.61 Å². The van der Waals surface area contributed by atoms with Gasteiger partial charge in [-0.05, 0) is 20.8 Å². The third-order valence-electron chi connectivity index (χ3n) is 0.653. The maximum absolute atomic E-state index is 10.7. The van der Waals surface area contributed by atoms with Crippen LogP contribution in [0.3, 0.4) is 0 Å². The van der Waals surface area contributed by atoms with Crippen molar-refractivity contribution < 1.29 is 12.6 Å². The molecule has 0 unspecified atom stereocenters. The summed E-state index contributed by atoms with van der Waals surface area (Å²) in [6.45, 7) is 5.26. The van der Waals surface area contributed by atoms with Crippen LogP contribution >= 0.6 is 0 Å². The summed E-state index contributed by atoms with van der Waals surface area (Å²) in [5.41, 5.74) is 0. The minimum absolute atomic E-state index is 0.114. The molecule has 0 amide bonds. The molecule has 0 atom stereocenters. The molecule has 0 saturated carbocycles. The molecule has 1 N–H and O–H groups in total. The van der Waals surface area contributed by atoms with Gasteiger partial charge < -0.3 is 0 Å². The highest BCUT2D eigenvalue weighted by Crippen LogP contribution is 1.89. The van der Waals surface area contributed by atoms with Gasteiger partial charge in [0.05, 0.1) is 6.61 Å². The molecule has 0 rings (SSSR count). The Kier molecular flexibility index (Phi) is 3.85. The van der Waals surface area contributed by atoms with Gasteiger partial charge in [0.2, 0.25) is 0 Å². The van der Waals surface area contributed by atoms with Gasteiger partial charge in [-0.2, -0.15) is 13.1 Å². The van der Waals surface area contributed by atoms with E-state index in [0.29, 0.717) is 0 Å². The van der Waals surface area contributed by atoms with Crippen LogP contribution in [0.25, 0.3) is 0 Å². The molecule has 5 heteroatoms. The molecule has 62 valence electrons. The summed E-state index contributed by atoms with van der Waals surface area (Å²) in [4.78, 5) is 0. The van der Waals surface area contributed by atoms with Crippen LogP contribution in [-0.4, -0.2) is 21.1 Å². The molecule has 4 nitrogen and oxygen atoms in total. The van der Waals surface area contributed by atoms with Crippen molar-refractivity contribution in [3.8, 4) is 0 Å². The predicted octanol–water partition coefficient (Wildman–Crippen LogP) is 0.266. The highest BCUT2D eigenvalue weighted by atomic mass is 32.2. The van der Waals surface area contributed by atoms with Crippen molar-refractivity contribution in [1.29, 1.82) is 0 Å². The van der Waals surface area contributed by atoms with Gasteiger partial charge in [0.25, 0.3) is 0 Å². The summed E-state index contributed by atoms with van der Waals surface area (Å²) in [6, 6.07) is -0.114. The second-order valence-corrected chi connectivity index (χ2v) is 3.51. The van der Waals surface area contributed by atoms with Crippen molar-refractivity contribution in [2.24, 2.45) is 0 Å². The van der Waals surface area contributed by atoms with Gasteiger partial charge >= 0.3 is 10.3 Å². The third-order valence-corrected chi connectivity index (χ3v) is 1.96. The zero-order valence-electron chi connectivity index (χ0n) is 6.42. The summed E-state index contributed by atoms with van der Waals surface area (Å²) >= 11 is 0. The van der Waals surface area contributed by atoms with Crippen LogP contribution in [0, 0.1) is 0 Å². The zero-order chi connectivity index (χ0) is 8.20. The summed E-state index contributed by atoms with van der Waals surface area (Å²) < 4.78 is 28.1. The van der Waals surface area contributed by atoms with Crippen molar-refractivity contribution in [1.82, 2.24) is 4.72 Å². The standard InChI is InChI=1S/C5H13NO3S/c1-4-9-10(7,8)6-5(2)3/h5-6H,4H2,1-3H3. The van der Waals surface area contributed by atoms with Gasteiger partial charge in [-0.25, -0.2) is 0 Å². The fraction of sp³-hybridized carbons (Fsp3) is 1.00. The lowest BCUT2D eigenvalue weighted by Crippen LogP contribution is -2.31. The van der Waals surface area contributed by atoms with Crippen molar-refractivity contribution in [3.63, 3.8) is 0 Å². The molecule has 0 radical (unpaired) electrons. The van der Waals surface area contributed by atoms with Gasteiger partial charge in [-0.3, -0.25) is 4.18 Å². The van der Waals surface area contributed by atoms with Crippen LogP contribution in [0.4, 0.5) is 0 Å². The van der Waals surface area contributed by atoms with Crippen molar-refractivity contribution in [2.45, 2.75) is 26.8 Å². The molecule has 0 bridgehead atoms. The molecule has 0 aromatic heterocycles. The molecule has 10 heavy (non-hydrogen) atoms. The van der Waals surface area contributed by atoms with Gasteiger partial charge in [-0.15, -0.1) is 0 Å². The second kappa shape index (κ2) is 3.90. The second-order valence-electron chi connectivity index (χ2n) is 2.13. The van der Waals surface area contributed by atoms with E-state index in [4.69, 9.17) is 0 Å². The maximum atomic E-state index is 10.7. The molecule has 0 heterocycles. The molecule has 0 aromatic rings. The Balaban J connectivity index is 3.89. The average Bonchev–Trinajstić information content (AvgIpc) is 1.59. The molecular weight excluding hydrogens is 154 g/mol. The fourth-order valence-electron chi connectivity index (χ4n) is 0.478. The highest BCUT2D eigenvalue weighted by Gasteiger charge is 2.09. The number of nitrogens with one attached hydrogen (secondary N) is 1. The maximum Gasteiger partial charge on any atom is 0.336 e. The molecule has 0 aliphatic carbocycles. The Bertz CT molecular complexity index is 173. The van der Waals surface area contributed by atoms with E-state index in [9.17, 15) is 8.42 Å². The number of hydrogen-bond acceptors (Lipinski definition) is 3. The highest BCUT2D eigenvalue weighted by molar-refractivity contribution is 7.84. The average molecular weight is 167 g/mol. The van der Waals surface area contributed by atoms with E-state index in [-0.39, 0.29) is 12.6 Å². The Morgan fingerprint density at radius 2 is 2.00 bits per heavy atom. The first-order chi connectivity index (χ1) is 4.48. The molecule has 0 saturated heterocycles. The Morgan fingerprint density at radius 1 is 1.50 bits per heavy atom. The molecule has 0 fully saturated rings. The third kappa shape index (κ3) is 4.72. The van der Waals surface area contributed by atoms with E-state index < -0.39 is 10.3 Å². The van der Waals surface area contributed by atoms with Crippen LogP contribution in [-0.2, 0) is 14.5 Å². The van der Waals surface area contributed by atoms with E-state index in [1.165, 1.54) is 0 Å². The number of rotatable bonds is 4. The topological polar surface area (TPSA) is 55.4 Å². The van der Waals surface area contributed by atoms with Gasteiger partial charge in [0, 0.05) is 6.04 Å². The van der Waals surface area contributed by atoms with Crippen LogP contribution in [0.15, 0.2) is 0 Å². The molecule has 0 aliphatic rings. The molecular formula is C5H13NO3S. The monoisotopic (exact) mass is 167 g/mol. The summed E-state index contributed by atoms with van der Waals surface area (Å²) in [5, 5.41) is 0. The summed E-state index contributed by atoms with van der Waals surface area (Å²) in [5.74, 6) is 0. The SMILES string of the molecule is CCOS(=O)(=O)NC(C)C. The molecule has 0 spiro atoms. The normalized spacial score (nSPS) is 12.4. The summed E-state index contributed by atoms with van der Waals surface area (Å²) in [7, 11) is -3.48. The molecule has 0 aliphatic heterocycles. The van der Waals surface area contributed by atoms with E-state index in [2.05, 4.69) is 8.91 Å². The number of hydrogen-bond donors (Lipinski definition) is 1.